The Kier molecular flexibility index (Phi) is 13.5. The second-order valence-corrected chi connectivity index (χ2v) is 9.46. The van der Waals surface area contributed by atoms with Crippen molar-refractivity contribution in [1.29, 1.82) is 0 Å². The van der Waals surface area contributed by atoms with Crippen LogP contribution in [0, 0.1) is 5.92 Å². The van der Waals surface area contributed by atoms with Crippen LogP contribution in [0.15, 0.2) is 10.4 Å². The van der Waals surface area contributed by atoms with Gasteiger partial charge >= 0.3 is 6.09 Å². The molecule has 0 aromatic carbocycles. The number of thiazole rings is 1. The molecule has 0 fully saturated rings. The van der Waals surface area contributed by atoms with Gasteiger partial charge in [0.25, 0.3) is 0 Å². The van der Waals surface area contributed by atoms with Crippen molar-refractivity contribution in [3.63, 3.8) is 0 Å². The molecule has 30 heavy (non-hydrogen) atoms. The minimum Gasteiger partial charge on any atom is -0.444 e. The lowest BCUT2D eigenvalue weighted by molar-refractivity contribution is 0.0486. The van der Waals surface area contributed by atoms with Crippen molar-refractivity contribution in [2.24, 2.45) is 10.9 Å². The van der Waals surface area contributed by atoms with Crippen LogP contribution in [0.5, 0.6) is 0 Å². The minimum absolute atomic E-state index is 0. The number of hydrogen-bond acceptors (Lipinski definition) is 5. The number of aromatic nitrogens is 1. The number of amides is 1. The first-order valence-corrected chi connectivity index (χ1v) is 11.3. The highest BCUT2D eigenvalue weighted by Crippen LogP contribution is 2.12. The number of carbonyl (C=O) groups excluding carboxylic acids is 1. The summed E-state index contributed by atoms with van der Waals surface area (Å²) in [4.78, 5) is 23.2. The van der Waals surface area contributed by atoms with Gasteiger partial charge in [-0.3, -0.25) is 4.99 Å². The van der Waals surface area contributed by atoms with E-state index in [-0.39, 0.29) is 36.1 Å². The fourth-order valence-electron chi connectivity index (χ4n) is 2.78. The first-order chi connectivity index (χ1) is 13.6. The average molecular weight is 554 g/mol. The summed E-state index contributed by atoms with van der Waals surface area (Å²) < 4.78 is 5.39. The normalized spacial score (nSPS) is 12.9. The SMILES string of the molecule is CCc1nc(CCNC(=NC)N(C)CCC(NC(=O)OC(C)(C)C)C(C)C)cs1.I. The molecule has 7 nitrogen and oxygen atoms in total. The topological polar surface area (TPSA) is 78.9 Å². The second-order valence-electron chi connectivity index (χ2n) is 8.52. The molecule has 0 saturated carbocycles. The van der Waals surface area contributed by atoms with Crippen LogP contribution in [0.1, 0.15) is 58.7 Å². The monoisotopic (exact) mass is 553 g/mol. The van der Waals surface area contributed by atoms with Crippen molar-refractivity contribution in [2.45, 2.75) is 72.4 Å². The van der Waals surface area contributed by atoms with E-state index in [1.54, 1.807) is 18.4 Å². The number of halogens is 1. The predicted octanol–water partition coefficient (Wildman–Crippen LogP) is 4.31. The van der Waals surface area contributed by atoms with Crippen molar-refractivity contribution in [2.75, 3.05) is 27.2 Å². The van der Waals surface area contributed by atoms with Crippen molar-refractivity contribution >= 4 is 47.4 Å². The Morgan fingerprint density at radius 2 is 2.03 bits per heavy atom. The second kappa shape index (κ2) is 14.1. The van der Waals surface area contributed by atoms with E-state index >= 15 is 0 Å². The highest BCUT2D eigenvalue weighted by molar-refractivity contribution is 14.0. The minimum atomic E-state index is -0.496. The van der Waals surface area contributed by atoms with Crippen LogP contribution in [0.2, 0.25) is 0 Å². The standard InChI is InChI=1S/C21H39N5O2S.HI/c1-9-18-24-16(14-29-18)10-12-23-19(22-7)26(8)13-11-17(15(2)3)25-20(27)28-21(4,5)6;/h14-15,17H,9-13H2,1-8H3,(H,22,23)(H,25,27);1H. The zero-order valence-electron chi connectivity index (χ0n) is 19.7. The molecule has 1 unspecified atom stereocenters. The zero-order valence-corrected chi connectivity index (χ0v) is 22.9. The number of ether oxygens (including phenoxy) is 1. The number of alkyl carbamates (subject to hydrolysis) is 1. The average Bonchev–Trinajstić information content (AvgIpc) is 3.08. The zero-order chi connectivity index (χ0) is 22.0. The molecule has 0 radical (unpaired) electrons. The Morgan fingerprint density at radius 1 is 1.37 bits per heavy atom. The molecular formula is C21H40IN5O2S. The van der Waals surface area contributed by atoms with Crippen LogP contribution < -0.4 is 10.6 Å². The third-order valence-electron chi connectivity index (χ3n) is 4.42. The summed E-state index contributed by atoms with van der Waals surface area (Å²) >= 11 is 1.72. The summed E-state index contributed by atoms with van der Waals surface area (Å²) in [5.74, 6) is 1.15. The van der Waals surface area contributed by atoms with Crippen LogP contribution in [0.4, 0.5) is 4.79 Å². The molecule has 0 spiro atoms. The summed E-state index contributed by atoms with van der Waals surface area (Å²) in [6.45, 7) is 13.5. The van der Waals surface area contributed by atoms with Gasteiger partial charge in [0, 0.05) is 45.0 Å². The molecule has 0 aliphatic rings. The maximum absolute atomic E-state index is 12.1. The van der Waals surface area contributed by atoms with E-state index in [1.165, 1.54) is 5.01 Å². The molecule has 1 aromatic heterocycles. The largest absolute Gasteiger partial charge is 0.444 e. The van der Waals surface area contributed by atoms with Gasteiger partial charge in [-0.05, 0) is 39.5 Å². The van der Waals surface area contributed by atoms with Crippen LogP contribution in [-0.2, 0) is 17.6 Å². The smallest absolute Gasteiger partial charge is 0.407 e. The third-order valence-corrected chi connectivity index (χ3v) is 5.46. The number of carbonyl (C=O) groups is 1. The molecule has 0 aliphatic heterocycles. The van der Waals surface area contributed by atoms with Gasteiger partial charge in [0.15, 0.2) is 5.96 Å². The van der Waals surface area contributed by atoms with Gasteiger partial charge < -0.3 is 20.3 Å². The quantitative estimate of drug-likeness (QED) is 0.271. The van der Waals surface area contributed by atoms with Gasteiger partial charge in [0.05, 0.1) is 10.7 Å². The molecule has 0 aliphatic carbocycles. The fourth-order valence-corrected chi connectivity index (χ4v) is 3.56. The van der Waals surface area contributed by atoms with Gasteiger partial charge in [-0.25, -0.2) is 9.78 Å². The summed E-state index contributed by atoms with van der Waals surface area (Å²) in [6, 6.07) is 0.0351. The molecule has 0 bridgehead atoms. The number of aryl methyl sites for hydroxylation is 1. The maximum atomic E-state index is 12.1. The summed E-state index contributed by atoms with van der Waals surface area (Å²) in [7, 11) is 3.80. The highest BCUT2D eigenvalue weighted by atomic mass is 127. The van der Waals surface area contributed by atoms with Crippen LogP contribution >= 0.6 is 35.3 Å². The van der Waals surface area contributed by atoms with Gasteiger partial charge in [-0.15, -0.1) is 35.3 Å². The van der Waals surface area contributed by atoms with Crippen LogP contribution in [-0.4, -0.2) is 60.8 Å². The van der Waals surface area contributed by atoms with Crippen LogP contribution in [0.3, 0.4) is 0 Å². The predicted molar refractivity (Wildman–Crippen MR) is 137 cm³/mol. The van der Waals surface area contributed by atoms with Gasteiger partial charge in [-0.2, -0.15) is 0 Å². The number of nitrogens with one attached hydrogen (secondary N) is 2. The number of guanidine groups is 1. The first-order valence-electron chi connectivity index (χ1n) is 10.4. The fraction of sp³-hybridized carbons (Fsp3) is 0.762. The van der Waals surface area contributed by atoms with E-state index < -0.39 is 5.60 Å². The van der Waals surface area contributed by atoms with E-state index in [9.17, 15) is 4.79 Å². The molecule has 9 heteroatoms. The van der Waals surface area contributed by atoms with Gasteiger partial charge in [-0.1, -0.05) is 20.8 Å². The highest BCUT2D eigenvalue weighted by Gasteiger charge is 2.22. The van der Waals surface area contributed by atoms with Crippen molar-refractivity contribution in [3.05, 3.63) is 16.1 Å². The molecule has 1 rings (SSSR count). The van der Waals surface area contributed by atoms with Crippen LogP contribution in [0.25, 0.3) is 0 Å². The number of nitrogens with zero attached hydrogens (tertiary/aromatic N) is 3. The third kappa shape index (κ3) is 11.3. The summed E-state index contributed by atoms with van der Waals surface area (Å²) in [5.41, 5.74) is 0.628. The lowest BCUT2D eigenvalue weighted by Gasteiger charge is -2.28. The molecular weight excluding hydrogens is 513 g/mol. The number of rotatable bonds is 9. The molecule has 1 aromatic rings. The molecule has 1 heterocycles. The molecule has 1 atom stereocenters. The Morgan fingerprint density at radius 3 is 2.53 bits per heavy atom. The van der Waals surface area contributed by atoms with E-state index in [4.69, 9.17) is 4.74 Å². The Bertz CT molecular complexity index is 658. The van der Waals surface area contributed by atoms with Gasteiger partial charge in [0.2, 0.25) is 0 Å². The lowest BCUT2D eigenvalue weighted by atomic mass is 10.0. The van der Waals surface area contributed by atoms with E-state index in [1.807, 2.05) is 27.8 Å². The van der Waals surface area contributed by atoms with Crippen molar-refractivity contribution < 1.29 is 9.53 Å². The van der Waals surface area contributed by atoms with E-state index in [0.29, 0.717) is 5.92 Å². The Hall–Kier alpha value is -1.10. The first kappa shape index (κ1) is 28.9. The Balaban J connectivity index is 0.00000841. The number of hydrogen-bond donors (Lipinski definition) is 2. The number of aliphatic imine (C=N–C) groups is 1. The molecule has 1 amide bonds. The molecule has 174 valence electrons. The van der Waals surface area contributed by atoms with E-state index in [2.05, 4.69) is 51.7 Å². The summed E-state index contributed by atoms with van der Waals surface area (Å²) in [6.07, 6.45) is 2.30. The summed E-state index contributed by atoms with van der Waals surface area (Å²) in [5, 5.41) is 9.71. The lowest BCUT2D eigenvalue weighted by Crippen LogP contribution is -2.45. The van der Waals surface area contributed by atoms with E-state index in [0.717, 1.165) is 44.0 Å². The van der Waals surface area contributed by atoms with Crippen molar-refractivity contribution in [3.8, 4) is 0 Å². The molecule has 0 saturated heterocycles. The molecule has 2 N–H and O–H groups in total. The Labute approximate surface area is 203 Å². The van der Waals surface area contributed by atoms with Gasteiger partial charge in [0.1, 0.15) is 5.60 Å². The maximum Gasteiger partial charge on any atom is 0.407 e. The van der Waals surface area contributed by atoms with Crippen molar-refractivity contribution in [1.82, 2.24) is 20.5 Å².